The molecule has 0 spiro atoms. The molecule has 3 rings (SSSR count). The number of anilines is 2. The zero-order valence-corrected chi connectivity index (χ0v) is 14.4. The number of urea groups is 1. The Hall–Kier alpha value is -2.63. The van der Waals surface area contributed by atoms with Gasteiger partial charge in [0.1, 0.15) is 17.3 Å². The first-order chi connectivity index (χ1) is 12.0. The first-order valence-corrected chi connectivity index (χ1v) is 8.28. The third-order valence-electron chi connectivity index (χ3n) is 4.47. The molecule has 1 aliphatic rings. The molecular weight excluding hydrogens is 324 g/mol. The minimum atomic E-state index is -0.776. The van der Waals surface area contributed by atoms with Gasteiger partial charge in [0, 0.05) is 31.9 Å². The number of piperazine rings is 1. The van der Waals surface area contributed by atoms with Crippen molar-refractivity contribution in [2.24, 2.45) is 0 Å². The number of nitrogens with one attached hydrogen (secondary N) is 1. The van der Waals surface area contributed by atoms with Crippen LogP contribution in [0, 0.1) is 25.5 Å². The third-order valence-corrected chi connectivity index (χ3v) is 4.47. The fourth-order valence-corrected chi connectivity index (χ4v) is 3.01. The first kappa shape index (κ1) is 17.2. The third kappa shape index (κ3) is 3.73. The van der Waals surface area contributed by atoms with Crippen LogP contribution in [0.1, 0.15) is 11.1 Å². The molecule has 0 unspecified atom stereocenters. The molecule has 2 aromatic carbocycles. The van der Waals surface area contributed by atoms with Crippen LogP contribution in [0.2, 0.25) is 0 Å². The molecule has 2 aromatic rings. The van der Waals surface area contributed by atoms with Gasteiger partial charge in [0.2, 0.25) is 0 Å². The summed E-state index contributed by atoms with van der Waals surface area (Å²) in [5, 5.41) is 2.34. The maximum atomic E-state index is 13.7. The molecule has 1 N–H and O–H groups in total. The highest BCUT2D eigenvalue weighted by Gasteiger charge is 2.23. The predicted octanol–water partition coefficient (Wildman–Crippen LogP) is 3.94. The van der Waals surface area contributed by atoms with Gasteiger partial charge in [-0.25, -0.2) is 13.6 Å². The van der Waals surface area contributed by atoms with Crippen LogP contribution >= 0.6 is 0 Å². The van der Waals surface area contributed by atoms with Crippen LogP contribution in [0.3, 0.4) is 0 Å². The average molecular weight is 345 g/mol. The SMILES string of the molecule is Cc1ccc(C)c(N2CCN(C(=O)Nc3c(F)cccc3F)CC2)c1. The van der Waals surface area contributed by atoms with E-state index in [0.29, 0.717) is 26.2 Å². The fourth-order valence-electron chi connectivity index (χ4n) is 3.01. The van der Waals surface area contributed by atoms with Crippen LogP contribution in [0.15, 0.2) is 36.4 Å². The van der Waals surface area contributed by atoms with E-state index in [1.165, 1.54) is 22.9 Å². The molecular formula is C19H21F2N3O. The molecule has 6 heteroatoms. The van der Waals surface area contributed by atoms with E-state index in [2.05, 4.69) is 42.3 Å². The maximum absolute atomic E-state index is 13.7. The second-order valence-corrected chi connectivity index (χ2v) is 6.29. The van der Waals surface area contributed by atoms with Crippen molar-refractivity contribution < 1.29 is 13.6 Å². The summed E-state index contributed by atoms with van der Waals surface area (Å²) in [6.07, 6.45) is 0. The van der Waals surface area contributed by atoms with Crippen molar-refractivity contribution in [1.29, 1.82) is 0 Å². The minimum absolute atomic E-state index is 0.399. The second kappa shape index (κ2) is 7.09. The Balaban J connectivity index is 1.64. The van der Waals surface area contributed by atoms with E-state index >= 15 is 0 Å². The zero-order chi connectivity index (χ0) is 18.0. The monoisotopic (exact) mass is 345 g/mol. The van der Waals surface area contributed by atoms with E-state index in [1.54, 1.807) is 4.90 Å². The number of amides is 2. The Bertz CT molecular complexity index is 766. The summed E-state index contributed by atoms with van der Waals surface area (Å²) in [4.78, 5) is 16.1. The number of para-hydroxylation sites is 1. The quantitative estimate of drug-likeness (QED) is 0.895. The van der Waals surface area contributed by atoms with E-state index in [4.69, 9.17) is 0 Å². The molecule has 2 amide bonds. The van der Waals surface area contributed by atoms with E-state index in [0.717, 1.165) is 12.1 Å². The van der Waals surface area contributed by atoms with Crippen LogP contribution < -0.4 is 10.2 Å². The number of nitrogens with zero attached hydrogens (tertiary/aromatic N) is 2. The van der Waals surface area contributed by atoms with Crippen molar-refractivity contribution in [3.05, 3.63) is 59.2 Å². The predicted molar refractivity (Wildman–Crippen MR) is 95.1 cm³/mol. The van der Waals surface area contributed by atoms with E-state index in [9.17, 15) is 13.6 Å². The van der Waals surface area contributed by atoms with Gasteiger partial charge in [-0.3, -0.25) is 0 Å². The number of aryl methyl sites for hydroxylation is 2. The zero-order valence-electron chi connectivity index (χ0n) is 14.4. The summed E-state index contributed by atoms with van der Waals surface area (Å²) in [6, 6.07) is 9.33. The second-order valence-electron chi connectivity index (χ2n) is 6.29. The summed E-state index contributed by atoms with van der Waals surface area (Å²) >= 11 is 0. The lowest BCUT2D eigenvalue weighted by Crippen LogP contribution is -2.50. The van der Waals surface area contributed by atoms with Crippen LogP contribution in [-0.2, 0) is 0 Å². The molecule has 1 saturated heterocycles. The summed E-state index contributed by atoms with van der Waals surface area (Å²) in [5.41, 5.74) is 3.15. The molecule has 0 aromatic heterocycles. The Kier molecular flexibility index (Phi) is 4.88. The Morgan fingerprint density at radius 1 is 1.00 bits per heavy atom. The van der Waals surface area contributed by atoms with Crippen molar-refractivity contribution in [2.45, 2.75) is 13.8 Å². The maximum Gasteiger partial charge on any atom is 0.322 e. The molecule has 1 heterocycles. The number of hydrogen-bond acceptors (Lipinski definition) is 2. The molecule has 1 fully saturated rings. The van der Waals surface area contributed by atoms with Gasteiger partial charge in [-0.2, -0.15) is 0 Å². The van der Waals surface area contributed by atoms with Crippen LogP contribution in [-0.4, -0.2) is 37.1 Å². The molecule has 0 saturated carbocycles. The van der Waals surface area contributed by atoms with E-state index in [-0.39, 0.29) is 0 Å². The van der Waals surface area contributed by atoms with E-state index < -0.39 is 23.4 Å². The van der Waals surface area contributed by atoms with Crippen LogP contribution in [0.25, 0.3) is 0 Å². The number of carbonyl (C=O) groups excluding carboxylic acids is 1. The van der Waals surface area contributed by atoms with Crippen molar-refractivity contribution >= 4 is 17.4 Å². The molecule has 0 atom stereocenters. The van der Waals surface area contributed by atoms with Gasteiger partial charge in [-0.1, -0.05) is 18.2 Å². The highest BCUT2D eigenvalue weighted by Crippen LogP contribution is 2.23. The molecule has 25 heavy (non-hydrogen) atoms. The number of halogens is 2. The van der Waals surface area contributed by atoms with Crippen molar-refractivity contribution in [2.75, 3.05) is 36.4 Å². The highest BCUT2D eigenvalue weighted by molar-refractivity contribution is 5.89. The summed E-state index contributed by atoms with van der Waals surface area (Å²) < 4.78 is 27.3. The highest BCUT2D eigenvalue weighted by atomic mass is 19.1. The summed E-state index contributed by atoms with van der Waals surface area (Å²) in [5.74, 6) is -1.55. The summed E-state index contributed by atoms with van der Waals surface area (Å²) in [6.45, 7) is 6.46. The molecule has 4 nitrogen and oxygen atoms in total. The van der Waals surface area contributed by atoms with E-state index in [1.807, 2.05) is 0 Å². The smallest absolute Gasteiger partial charge is 0.322 e. The summed E-state index contributed by atoms with van der Waals surface area (Å²) in [7, 11) is 0. The van der Waals surface area contributed by atoms with Crippen molar-refractivity contribution in [1.82, 2.24) is 4.90 Å². The van der Waals surface area contributed by atoms with Gasteiger partial charge < -0.3 is 15.1 Å². The van der Waals surface area contributed by atoms with Gasteiger partial charge >= 0.3 is 6.03 Å². The normalized spacial score (nSPS) is 14.6. The Morgan fingerprint density at radius 2 is 1.64 bits per heavy atom. The Labute approximate surface area is 146 Å². The first-order valence-electron chi connectivity index (χ1n) is 8.28. The number of carbonyl (C=O) groups is 1. The molecule has 1 aliphatic heterocycles. The molecule has 0 radical (unpaired) electrons. The minimum Gasteiger partial charge on any atom is -0.368 e. The number of benzene rings is 2. The van der Waals surface area contributed by atoms with Crippen LogP contribution in [0.5, 0.6) is 0 Å². The molecule has 0 aliphatic carbocycles. The van der Waals surface area contributed by atoms with Gasteiger partial charge in [-0.15, -0.1) is 0 Å². The van der Waals surface area contributed by atoms with Gasteiger partial charge in [0.25, 0.3) is 0 Å². The van der Waals surface area contributed by atoms with Crippen molar-refractivity contribution in [3.8, 4) is 0 Å². The topological polar surface area (TPSA) is 35.6 Å². The molecule has 132 valence electrons. The lowest BCUT2D eigenvalue weighted by molar-refractivity contribution is 0.208. The van der Waals surface area contributed by atoms with Gasteiger partial charge in [-0.05, 0) is 43.2 Å². The number of rotatable bonds is 2. The number of hydrogen-bond donors (Lipinski definition) is 1. The van der Waals surface area contributed by atoms with Crippen molar-refractivity contribution in [3.63, 3.8) is 0 Å². The Morgan fingerprint density at radius 3 is 2.28 bits per heavy atom. The standard InChI is InChI=1S/C19H21F2N3O/c1-13-6-7-14(2)17(12-13)23-8-10-24(11-9-23)19(25)22-18-15(20)4-3-5-16(18)21/h3-7,12H,8-11H2,1-2H3,(H,22,25). The molecule has 0 bridgehead atoms. The van der Waals surface area contributed by atoms with Gasteiger partial charge in [0.15, 0.2) is 0 Å². The lowest BCUT2D eigenvalue weighted by atomic mass is 10.1. The largest absolute Gasteiger partial charge is 0.368 e. The fraction of sp³-hybridized carbons (Fsp3) is 0.316. The van der Waals surface area contributed by atoms with Crippen LogP contribution in [0.4, 0.5) is 25.0 Å². The average Bonchev–Trinajstić information content (AvgIpc) is 2.60. The van der Waals surface area contributed by atoms with Gasteiger partial charge in [0.05, 0.1) is 0 Å². The lowest BCUT2D eigenvalue weighted by Gasteiger charge is -2.37.